The molecule has 1 saturated heterocycles. The number of aromatic nitrogens is 2. The Morgan fingerprint density at radius 1 is 1.35 bits per heavy atom. The summed E-state index contributed by atoms with van der Waals surface area (Å²) in [4.78, 5) is 38.6. The number of H-pyrrole nitrogens is 1. The van der Waals surface area contributed by atoms with Gasteiger partial charge in [0.25, 0.3) is 5.56 Å². The summed E-state index contributed by atoms with van der Waals surface area (Å²) in [6.07, 6.45) is 5.03. The number of carbonyl (C=O) groups excluding carboxylic acids is 1. The van der Waals surface area contributed by atoms with Crippen molar-refractivity contribution in [3.8, 4) is 0 Å². The van der Waals surface area contributed by atoms with Crippen molar-refractivity contribution in [1.29, 1.82) is 0 Å². The van der Waals surface area contributed by atoms with Gasteiger partial charge in [-0.2, -0.15) is 0 Å². The molecule has 2 heterocycles. The zero-order chi connectivity index (χ0) is 14.5. The fraction of sp³-hybridized carbons (Fsp3) is 0.615. The highest BCUT2D eigenvalue weighted by Gasteiger charge is 2.24. The van der Waals surface area contributed by atoms with Gasteiger partial charge >= 0.3 is 5.69 Å². The minimum Gasteiger partial charge on any atom is -0.394 e. The van der Waals surface area contributed by atoms with Gasteiger partial charge in [0, 0.05) is 18.8 Å². The molecule has 1 aromatic rings. The summed E-state index contributed by atoms with van der Waals surface area (Å²) in [6.45, 7) is 0.417. The number of nitrogens with one attached hydrogen (secondary N) is 1. The summed E-state index contributed by atoms with van der Waals surface area (Å²) in [5, 5.41) is 9.38. The lowest BCUT2D eigenvalue weighted by Crippen LogP contribution is -2.45. The van der Waals surface area contributed by atoms with Gasteiger partial charge in [0.1, 0.15) is 6.54 Å². The summed E-state index contributed by atoms with van der Waals surface area (Å²) in [5.41, 5.74) is -1.08. The molecule has 7 nitrogen and oxygen atoms in total. The molecular formula is C13H19N3O4. The molecule has 1 aromatic heterocycles. The lowest BCUT2D eigenvalue weighted by Gasteiger charge is -2.28. The van der Waals surface area contributed by atoms with Gasteiger partial charge in [-0.3, -0.25) is 19.1 Å². The standard InChI is InChI=1S/C13H19N3O4/c17-9-10-4-2-1-3-6-16(10)12(19)8-15-7-5-11(18)14-13(15)20/h5,7,10,17H,1-4,6,8-9H2,(H,14,18,20). The van der Waals surface area contributed by atoms with Crippen molar-refractivity contribution in [2.24, 2.45) is 0 Å². The van der Waals surface area contributed by atoms with Gasteiger partial charge in [-0.05, 0) is 12.8 Å². The van der Waals surface area contributed by atoms with Crippen molar-refractivity contribution in [2.45, 2.75) is 38.3 Å². The summed E-state index contributed by atoms with van der Waals surface area (Å²) in [7, 11) is 0. The van der Waals surface area contributed by atoms with Gasteiger partial charge in [0.15, 0.2) is 0 Å². The first kappa shape index (κ1) is 14.5. The number of rotatable bonds is 3. The number of aliphatic hydroxyl groups is 1. The molecule has 0 radical (unpaired) electrons. The smallest absolute Gasteiger partial charge is 0.328 e. The highest BCUT2D eigenvalue weighted by Crippen LogP contribution is 2.16. The second-order valence-corrected chi connectivity index (χ2v) is 5.01. The molecule has 2 rings (SSSR count). The third kappa shape index (κ3) is 3.36. The minimum atomic E-state index is -0.596. The first-order valence-electron chi connectivity index (χ1n) is 6.82. The quantitative estimate of drug-likeness (QED) is 0.766. The molecule has 1 fully saturated rings. The Morgan fingerprint density at radius 2 is 2.15 bits per heavy atom. The van der Waals surface area contributed by atoms with E-state index in [0.717, 1.165) is 25.7 Å². The summed E-state index contributed by atoms with van der Waals surface area (Å²) < 4.78 is 1.17. The summed E-state index contributed by atoms with van der Waals surface area (Å²) in [5.74, 6) is -0.208. The van der Waals surface area contributed by atoms with E-state index >= 15 is 0 Å². The van der Waals surface area contributed by atoms with Crippen LogP contribution in [0, 0.1) is 0 Å². The number of hydrogen-bond donors (Lipinski definition) is 2. The molecule has 1 atom stereocenters. The fourth-order valence-corrected chi connectivity index (χ4v) is 2.50. The van der Waals surface area contributed by atoms with Crippen molar-refractivity contribution < 1.29 is 9.90 Å². The van der Waals surface area contributed by atoms with E-state index in [2.05, 4.69) is 4.98 Å². The van der Waals surface area contributed by atoms with Crippen LogP contribution in [0.3, 0.4) is 0 Å². The molecule has 1 aliphatic rings. The number of carbonyl (C=O) groups is 1. The van der Waals surface area contributed by atoms with Gasteiger partial charge in [-0.15, -0.1) is 0 Å². The van der Waals surface area contributed by atoms with Crippen LogP contribution in [-0.4, -0.2) is 44.7 Å². The normalized spacial score (nSPS) is 19.6. The van der Waals surface area contributed by atoms with Crippen LogP contribution in [0.25, 0.3) is 0 Å². The highest BCUT2D eigenvalue weighted by molar-refractivity contribution is 5.76. The van der Waals surface area contributed by atoms with E-state index in [1.54, 1.807) is 4.90 Å². The lowest BCUT2D eigenvalue weighted by atomic mass is 10.1. The third-order valence-electron chi connectivity index (χ3n) is 3.61. The number of nitrogens with zero attached hydrogens (tertiary/aromatic N) is 2. The predicted octanol–water partition coefficient (Wildman–Crippen LogP) is -0.700. The molecule has 0 aliphatic carbocycles. The van der Waals surface area contributed by atoms with Gasteiger partial charge in [-0.25, -0.2) is 4.79 Å². The Balaban J connectivity index is 2.13. The van der Waals surface area contributed by atoms with Gasteiger partial charge < -0.3 is 10.0 Å². The average Bonchev–Trinajstić information content (AvgIpc) is 2.67. The largest absolute Gasteiger partial charge is 0.394 e. The maximum atomic E-state index is 12.3. The third-order valence-corrected chi connectivity index (χ3v) is 3.61. The molecule has 0 spiro atoms. The van der Waals surface area contributed by atoms with E-state index < -0.39 is 11.2 Å². The van der Waals surface area contributed by atoms with E-state index in [1.807, 2.05) is 0 Å². The monoisotopic (exact) mass is 281 g/mol. The first-order chi connectivity index (χ1) is 9.61. The Hall–Kier alpha value is -1.89. The number of likely N-dealkylation sites (tertiary alicyclic amines) is 1. The van der Waals surface area contributed by atoms with Crippen molar-refractivity contribution in [1.82, 2.24) is 14.5 Å². The Kier molecular flexibility index (Phi) is 4.73. The molecule has 1 unspecified atom stereocenters. The van der Waals surface area contributed by atoms with Crippen molar-refractivity contribution >= 4 is 5.91 Å². The lowest BCUT2D eigenvalue weighted by molar-refractivity contribution is -0.135. The molecule has 110 valence electrons. The van der Waals surface area contributed by atoms with Crippen LogP contribution in [-0.2, 0) is 11.3 Å². The summed E-state index contributed by atoms with van der Waals surface area (Å²) >= 11 is 0. The molecule has 0 bridgehead atoms. The average molecular weight is 281 g/mol. The van der Waals surface area contributed by atoms with Crippen molar-refractivity contribution in [3.05, 3.63) is 33.1 Å². The maximum Gasteiger partial charge on any atom is 0.328 e. The molecule has 1 amide bonds. The fourth-order valence-electron chi connectivity index (χ4n) is 2.50. The van der Waals surface area contributed by atoms with E-state index in [9.17, 15) is 19.5 Å². The minimum absolute atomic E-state index is 0.0632. The molecule has 20 heavy (non-hydrogen) atoms. The molecule has 0 aromatic carbocycles. The van der Waals surface area contributed by atoms with Crippen LogP contribution in [0.15, 0.2) is 21.9 Å². The number of amides is 1. The molecular weight excluding hydrogens is 262 g/mol. The Labute approximate surface area is 115 Å². The number of aromatic amines is 1. The van der Waals surface area contributed by atoms with Crippen LogP contribution >= 0.6 is 0 Å². The van der Waals surface area contributed by atoms with E-state index in [-0.39, 0.29) is 25.1 Å². The first-order valence-corrected chi connectivity index (χ1v) is 6.82. The molecule has 0 saturated carbocycles. The van der Waals surface area contributed by atoms with E-state index in [4.69, 9.17) is 0 Å². The Bertz CT molecular complexity index is 577. The van der Waals surface area contributed by atoms with Gasteiger partial charge in [0.2, 0.25) is 5.91 Å². The topological polar surface area (TPSA) is 95.4 Å². The molecule has 2 N–H and O–H groups in total. The molecule has 1 aliphatic heterocycles. The number of hydrogen-bond acceptors (Lipinski definition) is 4. The molecule has 7 heteroatoms. The van der Waals surface area contributed by atoms with Gasteiger partial charge in [0.05, 0.1) is 12.6 Å². The second kappa shape index (κ2) is 6.51. The predicted molar refractivity (Wildman–Crippen MR) is 72.4 cm³/mol. The van der Waals surface area contributed by atoms with E-state index in [1.165, 1.54) is 16.8 Å². The van der Waals surface area contributed by atoms with Crippen LogP contribution < -0.4 is 11.2 Å². The maximum absolute atomic E-state index is 12.3. The van der Waals surface area contributed by atoms with Crippen LogP contribution in [0.4, 0.5) is 0 Å². The highest BCUT2D eigenvalue weighted by atomic mass is 16.3. The van der Waals surface area contributed by atoms with Crippen molar-refractivity contribution in [3.63, 3.8) is 0 Å². The zero-order valence-corrected chi connectivity index (χ0v) is 11.2. The SMILES string of the molecule is O=C(Cn1ccc(=O)[nH]c1=O)N1CCCCCC1CO. The van der Waals surface area contributed by atoms with Crippen LogP contribution in [0.5, 0.6) is 0 Å². The van der Waals surface area contributed by atoms with E-state index in [0.29, 0.717) is 6.54 Å². The Morgan fingerprint density at radius 3 is 2.85 bits per heavy atom. The second-order valence-electron chi connectivity index (χ2n) is 5.01. The van der Waals surface area contributed by atoms with Crippen LogP contribution in [0.1, 0.15) is 25.7 Å². The zero-order valence-electron chi connectivity index (χ0n) is 11.2. The summed E-state index contributed by atoms with van der Waals surface area (Å²) in [6, 6.07) is 1.03. The van der Waals surface area contributed by atoms with Crippen molar-refractivity contribution in [2.75, 3.05) is 13.2 Å². The van der Waals surface area contributed by atoms with Crippen LogP contribution in [0.2, 0.25) is 0 Å². The van der Waals surface area contributed by atoms with Gasteiger partial charge in [-0.1, -0.05) is 12.8 Å². The number of aliphatic hydroxyl groups excluding tert-OH is 1.